The molecule has 1 amide bonds. The number of hydrogen-bond donors (Lipinski definition) is 1. The molecule has 1 N–H and O–H groups in total. The Hall–Kier alpha value is -3.92. The first-order valence-electron chi connectivity index (χ1n) is 9.91. The Balaban J connectivity index is 2.02. The van der Waals surface area contributed by atoms with Gasteiger partial charge in [-0.3, -0.25) is 19.2 Å². The van der Waals surface area contributed by atoms with Crippen LogP contribution in [0.5, 0.6) is 5.75 Å². The molecule has 0 atom stereocenters. The van der Waals surface area contributed by atoms with Crippen molar-refractivity contribution >= 4 is 33.0 Å². The number of nitro groups is 1. The van der Waals surface area contributed by atoms with Crippen LogP contribution < -0.4 is 14.4 Å². The van der Waals surface area contributed by atoms with Gasteiger partial charge in [-0.2, -0.15) is 0 Å². The number of carbonyl (C=O) groups is 1. The van der Waals surface area contributed by atoms with E-state index in [2.05, 4.69) is 5.32 Å². The third-order valence-electron chi connectivity index (χ3n) is 5.03. The smallest absolute Gasteiger partial charge is 0.273 e. The molecule has 0 saturated carbocycles. The molecule has 3 aromatic carbocycles. The fourth-order valence-corrected chi connectivity index (χ4v) is 4.61. The molecule has 10 heteroatoms. The van der Waals surface area contributed by atoms with Gasteiger partial charge in [-0.25, -0.2) is 8.42 Å². The summed E-state index contributed by atoms with van der Waals surface area (Å²) in [5.74, 6) is -0.0586. The molecule has 0 aliphatic carbocycles. The van der Waals surface area contributed by atoms with Crippen molar-refractivity contribution in [3.63, 3.8) is 0 Å². The van der Waals surface area contributed by atoms with Crippen LogP contribution in [0.15, 0.2) is 71.6 Å². The van der Waals surface area contributed by atoms with Crippen molar-refractivity contribution in [2.45, 2.75) is 18.7 Å². The Morgan fingerprint density at radius 2 is 1.70 bits per heavy atom. The van der Waals surface area contributed by atoms with E-state index in [0.717, 1.165) is 15.9 Å². The van der Waals surface area contributed by atoms with E-state index in [9.17, 15) is 23.3 Å². The lowest BCUT2D eigenvalue weighted by molar-refractivity contribution is -0.385. The van der Waals surface area contributed by atoms with Crippen LogP contribution in [0.25, 0.3) is 0 Å². The number of methoxy groups -OCH3 is 1. The zero-order valence-electron chi connectivity index (χ0n) is 18.3. The summed E-state index contributed by atoms with van der Waals surface area (Å²) < 4.78 is 33.1. The number of sulfonamides is 1. The highest BCUT2D eigenvalue weighted by atomic mass is 32.2. The van der Waals surface area contributed by atoms with Crippen LogP contribution in [0, 0.1) is 24.0 Å². The summed E-state index contributed by atoms with van der Waals surface area (Å²) in [5.41, 5.74) is 1.58. The Morgan fingerprint density at radius 1 is 1.03 bits per heavy atom. The van der Waals surface area contributed by atoms with Crippen LogP contribution in [-0.2, 0) is 14.8 Å². The zero-order valence-corrected chi connectivity index (χ0v) is 19.1. The lowest BCUT2D eigenvalue weighted by atomic mass is 10.2. The van der Waals surface area contributed by atoms with Crippen molar-refractivity contribution in [3.05, 3.63) is 88.0 Å². The van der Waals surface area contributed by atoms with Gasteiger partial charge in [0.05, 0.1) is 22.6 Å². The summed E-state index contributed by atoms with van der Waals surface area (Å²) in [4.78, 5) is 23.2. The molecule has 0 unspecified atom stereocenters. The maximum atomic E-state index is 13.5. The van der Waals surface area contributed by atoms with Gasteiger partial charge in [0.1, 0.15) is 12.3 Å². The van der Waals surface area contributed by atoms with Crippen LogP contribution >= 0.6 is 0 Å². The summed E-state index contributed by atoms with van der Waals surface area (Å²) in [6.45, 7) is 2.80. The van der Waals surface area contributed by atoms with E-state index in [0.29, 0.717) is 17.0 Å². The van der Waals surface area contributed by atoms with Gasteiger partial charge in [0.15, 0.2) is 0 Å². The second-order valence-corrected chi connectivity index (χ2v) is 9.14. The minimum absolute atomic E-state index is 0.207. The highest BCUT2D eigenvalue weighted by Crippen LogP contribution is 2.29. The number of anilines is 2. The number of para-hydroxylation sites is 1. The van der Waals surface area contributed by atoms with Crippen molar-refractivity contribution in [2.75, 3.05) is 23.3 Å². The first-order chi connectivity index (χ1) is 15.6. The lowest BCUT2D eigenvalue weighted by Gasteiger charge is -2.24. The molecule has 0 heterocycles. The molecule has 0 aliphatic heterocycles. The van der Waals surface area contributed by atoms with Gasteiger partial charge in [0, 0.05) is 17.3 Å². The maximum Gasteiger partial charge on any atom is 0.273 e. The molecular weight excluding hydrogens is 446 g/mol. The van der Waals surface area contributed by atoms with Gasteiger partial charge in [0.25, 0.3) is 15.7 Å². The minimum Gasteiger partial charge on any atom is -0.497 e. The minimum atomic E-state index is -4.32. The molecule has 0 spiro atoms. The quantitative estimate of drug-likeness (QED) is 0.393. The van der Waals surface area contributed by atoms with E-state index in [4.69, 9.17) is 4.74 Å². The zero-order chi connectivity index (χ0) is 24.2. The molecule has 3 rings (SSSR count). The normalized spacial score (nSPS) is 11.0. The predicted octanol–water partition coefficient (Wildman–Crippen LogP) is 4.05. The maximum absolute atomic E-state index is 13.5. The average Bonchev–Trinajstić information content (AvgIpc) is 2.79. The van der Waals surface area contributed by atoms with Gasteiger partial charge in [-0.15, -0.1) is 0 Å². The first-order valence-corrected chi connectivity index (χ1v) is 11.3. The number of nitrogens with one attached hydrogen (secondary N) is 1. The summed E-state index contributed by atoms with van der Waals surface area (Å²) >= 11 is 0. The topological polar surface area (TPSA) is 119 Å². The number of rotatable bonds is 8. The van der Waals surface area contributed by atoms with Crippen LogP contribution in [0.4, 0.5) is 17.1 Å². The number of amides is 1. The molecule has 3 aromatic rings. The van der Waals surface area contributed by atoms with Crippen LogP contribution in [0.1, 0.15) is 11.1 Å². The third kappa shape index (κ3) is 5.29. The number of ether oxygens (including phenoxy) is 1. The van der Waals surface area contributed by atoms with Gasteiger partial charge >= 0.3 is 0 Å². The van der Waals surface area contributed by atoms with Gasteiger partial charge < -0.3 is 10.1 Å². The average molecular weight is 470 g/mol. The highest BCUT2D eigenvalue weighted by molar-refractivity contribution is 7.92. The second kappa shape index (κ2) is 9.70. The molecule has 0 aliphatic rings. The van der Waals surface area contributed by atoms with Crippen LogP contribution in [0.3, 0.4) is 0 Å². The summed E-state index contributed by atoms with van der Waals surface area (Å²) in [6.07, 6.45) is 0. The Morgan fingerprint density at radius 3 is 2.30 bits per heavy atom. The number of aryl methyl sites for hydroxylation is 2. The standard InChI is InChI=1S/C23H23N3O6S/c1-16-6-4-5-7-21(16)24-23(27)15-25(18-9-11-19(32-3)12-10-18)33(30,31)20-13-8-17(2)22(14-20)26(28)29/h4-14H,15H2,1-3H3,(H,24,27). The molecule has 33 heavy (non-hydrogen) atoms. The molecule has 0 aromatic heterocycles. The predicted molar refractivity (Wildman–Crippen MR) is 125 cm³/mol. The Bertz CT molecular complexity index is 1290. The van der Waals surface area contributed by atoms with Gasteiger partial charge in [-0.05, 0) is 55.8 Å². The van der Waals surface area contributed by atoms with E-state index in [1.54, 1.807) is 24.3 Å². The molecule has 0 radical (unpaired) electrons. The van der Waals surface area contributed by atoms with E-state index < -0.39 is 27.4 Å². The molecule has 172 valence electrons. The second-order valence-electron chi connectivity index (χ2n) is 7.28. The van der Waals surface area contributed by atoms with E-state index in [-0.39, 0.29) is 16.3 Å². The number of hydrogen-bond acceptors (Lipinski definition) is 6. The number of nitrogens with zero attached hydrogens (tertiary/aromatic N) is 2. The Labute approximate surface area is 191 Å². The highest BCUT2D eigenvalue weighted by Gasteiger charge is 2.29. The summed E-state index contributed by atoms with van der Waals surface area (Å²) in [5, 5.41) is 14.1. The molecule has 0 bridgehead atoms. The van der Waals surface area contributed by atoms with E-state index in [1.165, 1.54) is 38.3 Å². The van der Waals surface area contributed by atoms with Crippen molar-refractivity contribution in [3.8, 4) is 5.75 Å². The fourth-order valence-electron chi connectivity index (χ4n) is 3.17. The SMILES string of the molecule is COc1ccc(N(CC(=O)Nc2ccccc2C)S(=O)(=O)c2ccc(C)c([N+](=O)[O-])c2)cc1. The van der Waals surface area contributed by atoms with Gasteiger partial charge in [0.2, 0.25) is 5.91 Å². The molecule has 9 nitrogen and oxygen atoms in total. The number of nitro benzene ring substituents is 1. The Kier molecular flexibility index (Phi) is 6.98. The van der Waals surface area contributed by atoms with Crippen LogP contribution in [0.2, 0.25) is 0 Å². The number of benzene rings is 3. The van der Waals surface area contributed by atoms with E-state index in [1.807, 2.05) is 19.1 Å². The lowest BCUT2D eigenvalue weighted by Crippen LogP contribution is -2.38. The molecular formula is C23H23N3O6S. The monoisotopic (exact) mass is 469 g/mol. The van der Waals surface area contributed by atoms with Crippen molar-refractivity contribution < 1.29 is 22.9 Å². The van der Waals surface area contributed by atoms with Crippen molar-refractivity contribution in [2.24, 2.45) is 0 Å². The largest absolute Gasteiger partial charge is 0.497 e. The van der Waals surface area contributed by atoms with Gasteiger partial charge in [-0.1, -0.05) is 24.3 Å². The molecule has 0 saturated heterocycles. The molecule has 0 fully saturated rings. The van der Waals surface area contributed by atoms with Crippen LogP contribution in [-0.4, -0.2) is 32.9 Å². The fraction of sp³-hybridized carbons (Fsp3) is 0.174. The first kappa shape index (κ1) is 23.7. The third-order valence-corrected chi connectivity index (χ3v) is 6.80. The summed E-state index contributed by atoms with van der Waals surface area (Å²) in [7, 11) is -2.84. The summed E-state index contributed by atoms with van der Waals surface area (Å²) in [6, 6.07) is 16.9. The number of carbonyl (C=O) groups excluding carboxylic acids is 1. The van der Waals surface area contributed by atoms with E-state index >= 15 is 0 Å². The van der Waals surface area contributed by atoms with Crippen molar-refractivity contribution in [1.29, 1.82) is 0 Å². The van der Waals surface area contributed by atoms with Crippen molar-refractivity contribution in [1.82, 2.24) is 0 Å².